The summed E-state index contributed by atoms with van der Waals surface area (Å²) in [5.74, 6) is 0.388. The first-order valence-corrected chi connectivity index (χ1v) is 11.6. The number of allylic oxidation sites excluding steroid dienone is 2. The maximum Gasteiger partial charge on any atom is 0.230 e. The molecule has 1 aliphatic carbocycles. The Balaban J connectivity index is 1.60. The van der Waals surface area contributed by atoms with Crippen LogP contribution in [0.25, 0.3) is 11.1 Å². The number of pyridine rings is 1. The van der Waals surface area contributed by atoms with Crippen LogP contribution < -0.4 is 0 Å². The van der Waals surface area contributed by atoms with E-state index in [1.807, 2.05) is 43.4 Å². The van der Waals surface area contributed by atoms with Gasteiger partial charge in [-0.1, -0.05) is 42.5 Å². The topological polar surface area (TPSA) is 53.5 Å². The number of amides is 2. The highest BCUT2D eigenvalue weighted by atomic mass is 16.2. The summed E-state index contributed by atoms with van der Waals surface area (Å²) in [6.07, 6.45) is 12.9. The predicted octanol–water partition coefficient (Wildman–Crippen LogP) is 4.34. The average molecular weight is 432 g/mol. The zero-order valence-electron chi connectivity index (χ0n) is 19.2. The molecule has 1 aromatic carbocycles. The molecular formula is C27H33N3O2. The van der Waals surface area contributed by atoms with Crippen LogP contribution in [0.2, 0.25) is 0 Å². The van der Waals surface area contributed by atoms with Crippen LogP contribution in [0.4, 0.5) is 0 Å². The van der Waals surface area contributed by atoms with Gasteiger partial charge in [0.15, 0.2) is 0 Å². The molecule has 168 valence electrons. The Bertz CT molecular complexity index is 985. The molecule has 1 saturated heterocycles. The number of aromatic nitrogens is 1. The van der Waals surface area contributed by atoms with Gasteiger partial charge in [0.05, 0.1) is 5.41 Å². The van der Waals surface area contributed by atoms with Crippen molar-refractivity contribution in [2.24, 2.45) is 11.3 Å². The number of benzene rings is 1. The minimum Gasteiger partial charge on any atom is -0.348 e. The second-order valence-corrected chi connectivity index (χ2v) is 9.44. The Morgan fingerprint density at radius 3 is 2.72 bits per heavy atom. The van der Waals surface area contributed by atoms with Gasteiger partial charge in [-0.15, -0.1) is 0 Å². The van der Waals surface area contributed by atoms with Gasteiger partial charge in [-0.25, -0.2) is 0 Å². The molecule has 1 aromatic heterocycles. The van der Waals surface area contributed by atoms with Crippen LogP contribution >= 0.6 is 0 Å². The van der Waals surface area contributed by atoms with Gasteiger partial charge in [0.1, 0.15) is 0 Å². The summed E-state index contributed by atoms with van der Waals surface area (Å²) in [5.41, 5.74) is 2.69. The van der Waals surface area contributed by atoms with Gasteiger partial charge in [-0.2, -0.15) is 0 Å². The van der Waals surface area contributed by atoms with Crippen LogP contribution in [0.3, 0.4) is 0 Å². The van der Waals surface area contributed by atoms with Gasteiger partial charge in [-0.05, 0) is 61.3 Å². The third-order valence-electron chi connectivity index (χ3n) is 6.83. The summed E-state index contributed by atoms with van der Waals surface area (Å²) in [5, 5.41) is 0. The molecule has 2 atom stereocenters. The zero-order valence-corrected chi connectivity index (χ0v) is 19.2. The lowest BCUT2D eigenvalue weighted by Gasteiger charge is -2.44. The molecule has 2 amide bonds. The largest absolute Gasteiger partial charge is 0.348 e. The van der Waals surface area contributed by atoms with Crippen LogP contribution in [0, 0.1) is 11.3 Å². The minimum atomic E-state index is -0.588. The Hall–Kier alpha value is -2.95. The van der Waals surface area contributed by atoms with Gasteiger partial charge >= 0.3 is 0 Å². The van der Waals surface area contributed by atoms with E-state index in [9.17, 15) is 9.59 Å². The molecule has 2 heterocycles. The van der Waals surface area contributed by atoms with Crippen molar-refractivity contribution in [3.8, 4) is 11.1 Å². The van der Waals surface area contributed by atoms with E-state index in [-0.39, 0.29) is 17.7 Å². The molecule has 2 aromatic rings. The fraction of sp³-hybridized carbons (Fsp3) is 0.444. The molecule has 5 heteroatoms. The van der Waals surface area contributed by atoms with Crippen LogP contribution in [0.5, 0.6) is 0 Å². The summed E-state index contributed by atoms with van der Waals surface area (Å²) in [4.78, 5) is 34.7. The Kier molecular flexibility index (Phi) is 6.73. The van der Waals surface area contributed by atoms with Crippen molar-refractivity contribution >= 4 is 11.8 Å². The van der Waals surface area contributed by atoms with Crippen molar-refractivity contribution in [2.45, 2.75) is 38.5 Å². The van der Waals surface area contributed by atoms with Crippen LogP contribution in [-0.4, -0.2) is 53.8 Å². The van der Waals surface area contributed by atoms with Crippen molar-refractivity contribution < 1.29 is 9.59 Å². The van der Waals surface area contributed by atoms with Crippen molar-refractivity contribution in [1.82, 2.24) is 14.8 Å². The Morgan fingerprint density at radius 1 is 1.16 bits per heavy atom. The van der Waals surface area contributed by atoms with E-state index in [1.165, 1.54) is 0 Å². The molecule has 5 nitrogen and oxygen atoms in total. The summed E-state index contributed by atoms with van der Waals surface area (Å²) in [6.45, 7) is 1.25. The van der Waals surface area contributed by atoms with Gasteiger partial charge < -0.3 is 9.80 Å². The minimum absolute atomic E-state index is 0.0548. The molecular weight excluding hydrogens is 398 g/mol. The average Bonchev–Trinajstić information content (AvgIpc) is 2.84. The first-order valence-electron chi connectivity index (χ1n) is 11.6. The van der Waals surface area contributed by atoms with E-state index in [0.717, 1.165) is 55.3 Å². The number of likely N-dealkylation sites (tertiary alicyclic amines) is 1. The highest BCUT2D eigenvalue weighted by Gasteiger charge is 2.45. The molecule has 1 fully saturated rings. The zero-order chi connectivity index (χ0) is 22.6. The molecule has 0 unspecified atom stereocenters. The lowest BCUT2D eigenvalue weighted by Crippen LogP contribution is -2.55. The normalized spacial score (nSPS) is 23.1. The van der Waals surface area contributed by atoms with Crippen molar-refractivity contribution in [1.29, 1.82) is 0 Å². The summed E-state index contributed by atoms with van der Waals surface area (Å²) in [6, 6.07) is 12.4. The molecule has 0 radical (unpaired) electrons. The number of piperidine rings is 1. The third-order valence-corrected chi connectivity index (χ3v) is 6.83. The van der Waals surface area contributed by atoms with E-state index in [4.69, 9.17) is 0 Å². The lowest BCUT2D eigenvalue weighted by molar-refractivity contribution is -0.149. The number of nitrogens with zero attached hydrogens (tertiary/aromatic N) is 3. The maximum absolute atomic E-state index is 13.5. The van der Waals surface area contributed by atoms with Gasteiger partial charge in [0.2, 0.25) is 11.8 Å². The molecule has 2 aliphatic rings. The van der Waals surface area contributed by atoms with Crippen molar-refractivity contribution in [2.75, 3.05) is 27.2 Å². The molecule has 0 bridgehead atoms. The van der Waals surface area contributed by atoms with Crippen LogP contribution in [-0.2, 0) is 16.0 Å². The second-order valence-electron chi connectivity index (χ2n) is 9.44. The molecule has 4 rings (SSSR count). The highest BCUT2D eigenvalue weighted by Crippen LogP contribution is 2.37. The quantitative estimate of drug-likeness (QED) is 0.662. The Labute approximate surface area is 191 Å². The molecule has 0 saturated carbocycles. The number of hydrogen-bond donors (Lipinski definition) is 0. The lowest BCUT2D eigenvalue weighted by atomic mass is 9.73. The number of rotatable bonds is 5. The van der Waals surface area contributed by atoms with Crippen LogP contribution in [0.15, 0.2) is 60.9 Å². The van der Waals surface area contributed by atoms with Gasteiger partial charge in [0.25, 0.3) is 0 Å². The monoisotopic (exact) mass is 431 g/mol. The number of carbonyl (C=O) groups excluding carboxylic acids is 2. The fourth-order valence-corrected chi connectivity index (χ4v) is 5.25. The number of hydrogen-bond acceptors (Lipinski definition) is 3. The van der Waals surface area contributed by atoms with E-state index >= 15 is 0 Å². The summed E-state index contributed by atoms with van der Waals surface area (Å²) < 4.78 is 0. The third kappa shape index (κ3) is 4.77. The number of carbonyl (C=O) groups is 2. The molecule has 1 aliphatic heterocycles. The van der Waals surface area contributed by atoms with Gasteiger partial charge in [0, 0.05) is 45.5 Å². The van der Waals surface area contributed by atoms with Gasteiger partial charge in [-0.3, -0.25) is 14.6 Å². The Morgan fingerprint density at radius 2 is 2.00 bits per heavy atom. The highest BCUT2D eigenvalue weighted by molar-refractivity contribution is 5.85. The standard InChI is InChI=1S/C27H33N3O2/c1-29(2)26(32)27(14-8-16-30(20-27)25(31)22-10-4-3-5-11-22)18-21-9-6-12-23(17-21)24-13-7-15-28-19-24/h3-4,6-7,9,12-13,15,17,19,22H,5,8,10-11,14,16,18,20H2,1-2H3/t22-,27+/m1/s1. The van der Waals surface area contributed by atoms with E-state index in [1.54, 1.807) is 11.1 Å². The first kappa shape index (κ1) is 22.3. The smallest absolute Gasteiger partial charge is 0.230 e. The predicted molar refractivity (Wildman–Crippen MR) is 127 cm³/mol. The molecule has 32 heavy (non-hydrogen) atoms. The SMILES string of the molecule is CN(C)C(=O)[C@]1(Cc2cccc(-c3cccnc3)c2)CCCN(C(=O)[C@@H]2CC=CCC2)C1. The fourth-order valence-electron chi connectivity index (χ4n) is 5.25. The molecule has 0 spiro atoms. The van der Waals surface area contributed by atoms with E-state index < -0.39 is 5.41 Å². The van der Waals surface area contributed by atoms with Crippen molar-refractivity contribution in [3.05, 3.63) is 66.5 Å². The maximum atomic E-state index is 13.5. The van der Waals surface area contributed by atoms with E-state index in [0.29, 0.717) is 13.0 Å². The van der Waals surface area contributed by atoms with Crippen LogP contribution in [0.1, 0.15) is 37.7 Å². The van der Waals surface area contributed by atoms with E-state index in [2.05, 4.69) is 35.3 Å². The first-order chi connectivity index (χ1) is 15.5. The molecule has 0 N–H and O–H groups in total. The van der Waals surface area contributed by atoms with Crippen molar-refractivity contribution in [3.63, 3.8) is 0 Å². The summed E-state index contributed by atoms with van der Waals surface area (Å²) in [7, 11) is 3.64. The summed E-state index contributed by atoms with van der Waals surface area (Å²) >= 11 is 0. The second kappa shape index (κ2) is 9.68.